The Morgan fingerprint density at radius 1 is 1.14 bits per heavy atom. The number of furan rings is 1. The van der Waals surface area contributed by atoms with E-state index in [-0.39, 0.29) is 5.91 Å². The molecule has 0 unspecified atom stereocenters. The predicted octanol–water partition coefficient (Wildman–Crippen LogP) is 6.88. The number of para-hydroxylation sites is 1. The van der Waals surface area contributed by atoms with Crippen LogP contribution in [0.25, 0.3) is 23.0 Å². The minimum Gasteiger partial charge on any atom is -0.493 e. The maximum atomic E-state index is 13.3. The summed E-state index contributed by atoms with van der Waals surface area (Å²) in [6.07, 6.45) is 5.42. The van der Waals surface area contributed by atoms with Gasteiger partial charge in [0.1, 0.15) is 21.5 Å². The van der Waals surface area contributed by atoms with Crippen molar-refractivity contribution in [2.45, 2.75) is 27.3 Å². The predicted molar refractivity (Wildman–Crippen MR) is 151 cm³/mol. The highest BCUT2D eigenvalue weighted by molar-refractivity contribution is 8.26. The lowest BCUT2D eigenvalue weighted by atomic mass is 10.0. The van der Waals surface area contributed by atoms with Crippen molar-refractivity contribution >= 4 is 40.3 Å². The summed E-state index contributed by atoms with van der Waals surface area (Å²) in [7, 11) is 0. The molecule has 0 bridgehead atoms. The van der Waals surface area contributed by atoms with E-state index in [0.29, 0.717) is 34.1 Å². The van der Waals surface area contributed by atoms with E-state index in [2.05, 4.69) is 13.8 Å². The summed E-state index contributed by atoms with van der Waals surface area (Å²) < 4.78 is 13.7. The molecule has 6 nitrogen and oxygen atoms in total. The van der Waals surface area contributed by atoms with Crippen LogP contribution in [-0.4, -0.2) is 31.5 Å². The van der Waals surface area contributed by atoms with Crippen LogP contribution >= 0.6 is 24.0 Å². The third-order valence-electron chi connectivity index (χ3n) is 5.85. The second kappa shape index (κ2) is 10.8. The summed E-state index contributed by atoms with van der Waals surface area (Å²) in [5.41, 5.74) is 4.57. The van der Waals surface area contributed by atoms with Gasteiger partial charge in [-0.05, 0) is 66.9 Å². The number of thioether (sulfide) groups is 1. The van der Waals surface area contributed by atoms with Gasteiger partial charge in [-0.25, -0.2) is 4.68 Å². The van der Waals surface area contributed by atoms with Crippen LogP contribution in [0.15, 0.2) is 82.4 Å². The minimum absolute atomic E-state index is 0.140. The first-order chi connectivity index (χ1) is 17.9. The molecule has 4 aromatic rings. The van der Waals surface area contributed by atoms with Crippen LogP contribution in [0, 0.1) is 12.8 Å². The number of carbonyl (C=O) groups is 1. The van der Waals surface area contributed by atoms with Crippen LogP contribution in [-0.2, 0) is 11.3 Å². The van der Waals surface area contributed by atoms with Gasteiger partial charge in [-0.15, -0.1) is 0 Å². The summed E-state index contributed by atoms with van der Waals surface area (Å²) in [6, 6.07) is 19.6. The molecule has 1 amide bonds. The fourth-order valence-electron chi connectivity index (χ4n) is 4.01. The molecular weight excluding hydrogens is 502 g/mol. The Kier molecular flexibility index (Phi) is 7.30. The van der Waals surface area contributed by atoms with Gasteiger partial charge in [-0.1, -0.05) is 56.0 Å². The highest BCUT2D eigenvalue weighted by Crippen LogP contribution is 2.36. The molecule has 0 N–H and O–H groups in total. The zero-order valence-corrected chi connectivity index (χ0v) is 22.5. The Bertz CT molecular complexity index is 1460. The average Bonchev–Trinajstić information content (AvgIpc) is 3.61. The van der Waals surface area contributed by atoms with Gasteiger partial charge in [0.05, 0.1) is 30.0 Å². The molecular formula is C29H27N3O3S2. The van der Waals surface area contributed by atoms with E-state index in [1.54, 1.807) is 17.2 Å². The number of aromatic nitrogens is 2. The number of hydrogen-bond donors (Lipinski definition) is 0. The monoisotopic (exact) mass is 529 g/mol. The number of nitrogens with zero attached hydrogens (tertiary/aromatic N) is 3. The van der Waals surface area contributed by atoms with Gasteiger partial charge < -0.3 is 9.15 Å². The van der Waals surface area contributed by atoms with Gasteiger partial charge in [0.25, 0.3) is 5.91 Å². The van der Waals surface area contributed by atoms with Crippen molar-refractivity contribution in [3.63, 3.8) is 0 Å². The first-order valence-corrected chi connectivity index (χ1v) is 13.3. The van der Waals surface area contributed by atoms with Crippen molar-refractivity contribution in [2.75, 3.05) is 6.61 Å². The van der Waals surface area contributed by atoms with Crippen molar-refractivity contribution in [3.05, 3.63) is 94.9 Å². The number of hydrogen-bond acceptors (Lipinski definition) is 6. The summed E-state index contributed by atoms with van der Waals surface area (Å²) in [5, 5.41) is 4.93. The fourth-order valence-corrected chi connectivity index (χ4v) is 5.25. The van der Waals surface area contributed by atoms with Crippen molar-refractivity contribution < 1.29 is 13.9 Å². The van der Waals surface area contributed by atoms with Gasteiger partial charge in [0.2, 0.25) is 0 Å². The smallest absolute Gasteiger partial charge is 0.266 e. The molecule has 1 saturated heterocycles. The van der Waals surface area contributed by atoms with Crippen LogP contribution in [0.4, 0.5) is 0 Å². The topological polar surface area (TPSA) is 60.5 Å². The molecule has 0 saturated carbocycles. The number of rotatable bonds is 8. The molecule has 0 atom stereocenters. The van der Waals surface area contributed by atoms with Crippen molar-refractivity contribution in [1.29, 1.82) is 0 Å². The number of amides is 1. The zero-order valence-electron chi connectivity index (χ0n) is 20.9. The van der Waals surface area contributed by atoms with E-state index in [9.17, 15) is 4.79 Å². The molecule has 2 aromatic heterocycles. The molecule has 2 aromatic carbocycles. The van der Waals surface area contributed by atoms with E-state index in [1.165, 1.54) is 11.8 Å². The van der Waals surface area contributed by atoms with Gasteiger partial charge in [-0.2, -0.15) is 5.10 Å². The van der Waals surface area contributed by atoms with Gasteiger partial charge in [-0.3, -0.25) is 9.69 Å². The van der Waals surface area contributed by atoms with E-state index < -0.39 is 0 Å². The Balaban J connectivity index is 1.52. The number of thiocarbonyl (C=S) groups is 1. The Hall–Kier alpha value is -3.62. The summed E-state index contributed by atoms with van der Waals surface area (Å²) in [4.78, 5) is 15.4. The van der Waals surface area contributed by atoms with Crippen LogP contribution in [0.1, 0.15) is 30.7 Å². The van der Waals surface area contributed by atoms with Gasteiger partial charge in [0, 0.05) is 17.3 Å². The molecule has 1 aliphatic heterocycles. The normalized spacial score (nSPS) is 14.8. The summed E-state index contributed by atoms with van der Waals surface area (Å²) in [6.45, 7) is 7.27. The second-order valence-corrected chi connectivity index (χ2v) is 10.9. The van der Waals surface area contributed by atoms with Crippen LogP contribution in [0.5, 0.6) is 5.75 Å². The van der Waals surface area contributed by atoms with E-state index in [4.69, 9.17) is 26.5 Å². The molecule has 1 aliphatic rings. The van der Waals surface area contributed by atoms with Gasteiger partial charge >= 0.3 is 0 Å². The minimum atomic E-state index is -0.140. The zero-order chi connectivity index (χ0) is 25.9. The molecule has 0 spiro atoms. The van der Waals surface area contributed by atoms with Crippen LogP contribution in [0.2, 0.25) is 0 Å². The van der Waals surface area contributed by atoms with Crippen molar-refractivity contribution in [3.8, 4) is 22.7 Å². The fraction of sp³-hybridized carbons (Fsp3) is 0.207. The molecule has 37 heavy (non-hydrogen) atoms. The van der Waals surface area contributed by atoms with Crippen LogP contribution < -0.4 is 4.74 Å². The average molecular weight is 530 g/mol. The lowest BCUT2D eigenvalue weighted by Crippen LogP contribution is -2.27. The number of benzene rings is 2. The highest BCUT2D eigenvalue weighted by atomic mass is 32.2. The van der Waals surface area contributed by atoms with E-state index >= 15 is 0 Å². The van der Waals surface area contributed by atoms with Crippen LogP contribution in [0.3, 0.4) is 0 Å². The number of ether oxygens (including phenoxy) is 1. The highest BCUT2D eigenvalue weighted by Gasteiger charge is 2.33. The second-order valence-electron chi connectivity index (χ2n) is 9.24. The van der Waals surface area contributed by atoms with E-state index in [1.807, 2.05) is 78.5 Å². The Morgan fingerprint density at radius 3 is 2.65 bits per heavy atom. The van der Waals surface area contributed by atoms with Crippen molar-refractivity contribution in [2.24, 2.45) is 5.92 Å². The Labute approximate surface area is 225 Å². The number of aryl methyl sites for hydroxylation is 1. The van der Waals surface area contributed by atoms with Crippen molar-refractivity contribution in [1.82, 2.24) is 14.7 Å². The first-order valence-electron chi connectivity index (χ1n) is 12.1. The third kappa shape index (κ3) is 5.55. The largest absolute Gasteiger partial charge is 0.493 e. The van der Waals surface area contributed by atoms with E-state index in [0.717, 1.165) is 33.8 Å². The third-order valence-corrected chi connectivity index (χ3v) is 7.23. The quantitative estimate of drug-likeness (QED) is 0.183. The SMILES string of the molecule is Cc1cc(OCC(C)C)ccc1-c1nn(-c2ccccc2)cc1/C=C1\SC(=S)N(Cc2ccco2)C1=O. The van der Waals surface area contributed by atoms with Gasteiger partial charge in [0.15, 0.2) is 0 Å². The molecule has 188 valence electrons. The number of carbonyl (C=O) groups excluding carboxylic acids is 1. The summed E-state index contributed by atoms with van der Waals surface area (Å²) in [5.74, 6) is 1.82. The molecule has 0 aliphatic carbocycles. The first kappa shape index (κ1) is 25.0. The molecule has 1 fully saturated rings. The lowest BCUT2D eigenvalue weighted by molar-refractivity contribution is -0.122. The molecule has 0 radical (unpaired) electrons. The maximum Gasteiger partial charge on any atom is 0.266 e. The Morgan fingerprint density at radius 2 is 1.95 bits per heavy atom. The molecule has 3 heterocycles. The maximum absolute atomic E-state index is 13.3. The lowest BCUT2D eigenvalue weighted by Gasteiger charge is -2.12. The summed E-state index contributed by atoms with van der Waals surface area (Å²) >= 11 is 6.81. The standard InChI is InChI=1S/C29H27N3O3S2/c1-19(2)18-35-23-11-12-25(20(3)14-23)27-21(16-32(30-27)22-8-5-4-6-9-22)15-26-28(33)31(29(36)37-26)17-24-10-7-13-34-24/h4-16,19H,17-18H2,1-3H3/b26-15-. The molecule has 8 heteroatoms. The molecule has 5 rings (SSSR count).